The van der Waals surface area contributed by atoms with Crippen molar-refractivity contribution in [2.75, 3.05) is 7.11 Å². The number of para-hydroxylation sites is 1. The van der Waals surface area contributed by atoms with Gasteiger partial charge in [0.15, 0.2) is 0 Å². The van der Waals surface area contributed by atoms with Gasteiger partial charge in [-0.15, -0.1) is 0 Å². The van der Waals surface area contributed by atoms with Crippen molar-refractivity contribution in [3.63, 3.8) is 0 Å². The molecule has 0 fully saturated rings. The number of amides is 1. The summed E-state index contributed by atoms with van der Waals surface area (Å²) in [6, 6.07) is 14.9. The van der Waals surface area contributed by atoms with Crippen LogP contribution in [-0.2, 0) is 0 Å². The van der Waals surface area contributed by atoms with Crippen molar-refractivity contribution in [2.45, 2.75) is 19.9 Å². The maximum absolute atomic E-state index is 12.2. The lowest BCUT2D eigenvalue weighted by Gasteiger charge is -2.08. The van der Waals surface area contributed by atoms with E-state index in [2.05, 4.69) is 15.5 Å². The lowest BCUT2D eigenvalue weighted by Crippen LogP contribution is -2.30. The van der Waals surface area contributed by atoms with Crippen LogP contribution in [0.1, 0.15) is 35.7 Å². The maximum Gasteiger partial charge on any atom is 0.251 e. The number of aromatic nitrogens is 2. The molecule has 0 radical (unpaired) electrons. The quantitative estimate of drug-likeness (QED) is 0.715. The number of rotatable bonds is 6. The van der Waals surface area contributed by atoms with E-state index in [4.69, 9.17) is 9.26 Å². The van der Waals surface area contributed by atoms with E-state index < -0.39 is 0 Å². The Hall–Kier alpha value is -3.41. The Morgan fingerprint density at radius 2 is 1.96 bits per heavy atom. The van der Waals surface area contributed by atoms with Crippen LogP contribution in [0.25, 0.3) is 23.5 Å². The molecular weight excluding hydrogens is 342 g/mol. The minimum atomic E-state index is -0.133. The predicted molar refractivity (Wildman–Crippen MR) is 104 cm³/mol. The molecule has 0 spiro atoms. The van der Waals surface area contributed by atoms with Crippen molar-refractivity contribution in [1.29, 1.82) is 0 Å². The average molecular weight is 363 g/mol. The van der Waals surface area contributed by atoms with E-state index in [1.165, 1.54) is 0 Å². The first-order chi connectivity index (χ1) is 13.1. The van der Waals surface area contributed by atoms with Crippen molar-refractivity contribution in [3.05, 3.63) is 65.5 Å². The van der Waals surface area contributed by atoms with E-state index in [0.29, 0.717) is 22.8 Å². The smallest absolute Gasteiger partial charge is 0.251 e. The van der Waals surface area contributed by atoms with Crippen LogP contribution in [0.5, 0.6) is 5.75 Å². The molecule has 0 aliphatic rings. The first-order valence-corrected chi connectivity index (χ1v) is 8.63. The maximum atomic E-state index is 12.2. The van der Waals surface area contributed by atoms with Gasteiger partial charge >= 0.3 is 0 Å². The molecule has 1 aromatic heterocycles. The summed E-state index contributed by atoms with van der Waals surface area (Å²) in [5, 5.41) is 6.87. The summed E-state index contributed by atoms with van der Waals surface area (Å²) in [4.78, 5) is 16.5. The molecular formula is C21H21N3O3. The molecule has 138 valence electrons. The first-order valence-electron chi connectivity index (χ1n) is 8.63. The third kappa shape index (κ3) is 4.61. The lowest BCUT2D eigenvalue weighted by molar-refractivity contribution is 0.0943. The van der Waals surface area contributed by atoms with Gasteiger partial charge in [-0.3, -0.25) is 4.79 Å². The fourth-order valence-electron chi connectivity index (χ4n) is 2.53. The molecule has 2 aromatic carbocycles. The van der Waals surface area contributed by atoms with E-state index in [1.54, 1.807) is 31.4 Å². The molecule has 0 atom stereocenters. The Morgan fingerprint density at radius 1 is 1.15 bits per heavy atom. The predicted octanol–water partition coefficient (Wildman–Crippen LogP) is 4.05. The minimum absolute atomic E-state index is 0.0676. The molecule has 0 saturated heterocycles. The Labute approximate surface area is 157 Å². The van der Waals surface area contributed by atoms with E-state index in [-0.39, 0.29) is 11.9 Å². The normalized spacial score (nSPS) is 11.1. The minimum Gasteiger partial charge on any atom is -0.496 e. The first kappa shape index (κ1) is 18.4. The van der Waals surface area contributed by atoms with Crippen LogP contribution in [0.3, 0.4) is 0 Å². The molecule has 1 amide bonds. The van der Waals surface area contributed by atoms with E-state index in [9.17, 15) is 4.79 Å². The number of carbonyl (C=O) groups is 1. The number of carbonyl (C=O) groups excluding carboxylic acids is 1. The summed E-state index contributed by atoms with van der Waals surface area (Å²) in [7, 11) is 1.62. The second-order valence-electron chi connectivity index (χ2n) is 6.24. The van der Waals surface area contributed by atoms with E-state index in [0.717, 1.165) is 11.3 Å². The molecule has 6 nitrogen and oxygen atoms in total. The van der Waals surface area contributed by atoms with Gasteiger partial charge < -0.3 is 14.6 Å². The Morgan fingerprint density at radius 3 is 2.74 bits per heavy atom. The van der Waals surface area contributed by atoms with Crippen LogP contribution in [0.4, 0.5) is 0 Å². The van der Waals surface area contributed by atoms with Crippen LogP contribution in [0.2, 0.25) is 0 Å². The zero-order valence-electron chi connectivity index (χ0n) is 15.5. The number of nitrogens with zero attached hydrogens (tertiary/aromatic N) is 2. The number of nitrogens with one attached hydrogen (secondary N) is 1. The number of benzene rings is 2. The Kier molecular flexibility index (Phi) is 5.66. The molecule has 3 aromatic rings. The van der Waals surface area contributed by atoms with Crippen molar-refractivity contribution < 1.29 is 14.1 Å². The molecule has 0 bridgehead atoms. The highest BCUT2D eigenvalue weighted by Gasteiger charge is 2.11. The fourth-order valence-corrected chi connectivity index (χ4v) is 2.53. The molecule has 3 rings (SSSR count). The highest BCUT2D eigenvalue weighted by atomic mass is 16.5. The molecule has 6 heteroatoms. The molecule has 0 aliphatic heterocycles. The summed E-state index contributed by atoms with van der Waals surface area (Å²) in [5.74, 6) is 1.42. The number of hydrogen-bond acceptors (Lipinski definition) is 5. The van der Waals surface area contributed by atoms with Gasteiger partial charge in [0.25, 0.3) is 11.8 Å². The second kappa shape index (κ2) is 8.31. The second-order valence-corrected chi connectivity index (χ2v) is 6.24. The third-order valence-electron chi connectivity index (χ3n) is 3.79. The average Bonchev–Trinajstić information content (AvgIpc) is 3.15. The number of methoxy groups -OCH3 is 1. The van der Waals surface area contributed by atoms with Crippen LogP contribution in [-0.4, -0.2) is 29.2 Å². The molecule has 0 aliphatic carbocycles. The van der Waals surface area contributed by atoms with Gasteiger partial charge in [-0.1, -0.05) is 35.5 Å². The van der Waals surface area contributed by atoms with E-state index in [1.807, 2.05) is 50.3 Å². The summed E-state index contributed by atoms with van der Waals surface area (Å²) < 4.78 is 10.6. The number of ether oxygens (including phenoxy) is 1. The van der Waals surface area contributed by atoms with Crippen molar-refractivity contribution in [3.8, 4) is 17.1 Å². The van der Waals surface area contributed by atoms with Crippen molar-refractivity contribution in [1.82, 2.24) is 15.5 Å². The molecule has 27 heavy (non-hydrogen) atoms. The molecule has 1 N–H and O–H groups in total. The van der Waals surface area contributed by atoms with Gasteiger partial charge in [0.2, 0.25) is 5.82 Å². The highest BCUT2D eigenvalue weighted by Crippen LogP contribution is 2.21. The van der Waals surface area contributed by atoms with Crippen LogP contribution in [0.15, 0.2) is 53.1 Å². The zero-order valence-corrected chi connectivity index (χ0v) is 15.5. The van der Waals surface area contributed by atoms with Crippen molar-refractivity contribution >= 4 is 18.1 Å². The van der Waals surface area contributed by atoms with Crippen LogP contribution >= 0.6 is 0 Å². The number of hydrogen-bond donors (Lipinski definition) is 1. The summed E-state index contributed by atoms with van der Waals surface area (Å²) in [6.45, 7) is 3.84. The van der Waals surface area contributed by atoms with Gasteiger partial charge in [-0.05, 0) is 38.1 Å². The topological polar surface area (TPSA) is 77.2 Å². The Bertz CT molecular complexity index is 961. The molecule has 1 heterocycles. The largest absolute Gasteiger partial charge is 0.496 e. The summed E-state index contributed by atoms with van der Waals surface area (Å²) in [5.41, 5.74) is 2.18. The standard InChI is InChI=1S/C21H21N3O3/c1-14(2)22-21(25)17-9-6-8-16(13-17)20-23-19(27-24-20)12-11-15-7-4-5-10-18(15)26-3/h4-14H,1-3H3,(H,22,25)/b12-11+. The van der Waals surface area contributed by atoms with Gasteiger partial charge in [0.05, 0.1) is 7.11 Å². The van der Waals surface area contributed by atoms with Gasteiger partial charge in [-0.2, -0.15) is 4.98 Å². The SMILES string of the molecule is COc1ccccc1/C=C/c1nc(-c2cccc(C(=O)NC(C)C)c2)no1. The van der Waals surface area contributed by atoms with Crippen molar-refractivity contribution in [2.24, 2.45) is 0 Å². The van der Waals surface area contributed by atoms with E-state index >= 15 is 0 Å². The zero-order chi connectivity index (χ0) is 19.2. The van der Waals surface area contributed by atoms with Crippen LogP contribution in [0, 0.1) is 0 Å². The molecule has 0 unspecified atom stereocenters. The third-order valence-corrected chi connectivity index (χ3v) is 3.79. The summed E-state index contributed by atoms with van der Waals surface area (Å²) >= 11 is 0. The van der Waals surface area contributed by atoms with Gasteiger partial charge in [0.1, 0.15) is 5.75 Å². The molecule has 0 saturated carbocycles. The van der Waals surface area contributed by atoms with Gasteiger partial charge in [-0.25, -0.2) is 0 Å². The summed E-state index contributed by atoms with van der Waals surface area (Å²) in [6.07, 6.45) is 3.58. The fraction of sp³-hybridized carbons (Fsp3) is 0.190. The monoisotopic (exact) mass is 363 g/mol. The lowest BCUT2D eigenvalue weighted by atomic mass is 10.1. The Balaban J connectivity index is 1.80. The highest BCUT2D eigenvalue weighted by molar-refractivity contribution is 5.95. The van der Waals surface area contributed by atoms with Gasteiger partial charge in [0, 0.05) is 28.8 Å². The van der Waals surface area contributed by atoms with Crippen LogP contribution < -0.4 is 10.1 Å².